The zero-order valence-electron chi connectivity index (χ0n) is 11.9. The summed E-state index contributed by atoms with van der Waals surface area (Å²) in [5.74, 6) is 0.633. The topological polar surface area (TPSA) is 73.1 Å². The molecule has 2 heterocycles. The molecule has 0 N–H and O–H groups in total. The highest BCUT2D eigenvalue weighted by atomic mass is 32.2. The van der Waals surface area contributed by atoms with Gasteiger partial charge in [0.05, 0.1) is 5.69 Å². The van der Waals surface area contributed by atoms with Crippen LogP contribution in [-0.4, -0.2) is 43.4 Å². The van der Waals surface area contributed by atoms with Gasteiger partial charge in [-0.05, 0) is 13.8 Å². The van der Waals surface area contributed by atoms with Gasteiger partial charge in [-0.25, -0.2) is 4.68 Å². The molecule has 2 aromatic heterocycles. The summed E-state index contributed by atoms with van der Waals surface area (Å²) < 4.78 is 11.4. The molecule has 0 unspecified atom stereocenters. The van der Waals surface area contributed by atoms with Gasteiger partial charge in [-0.3, -0.25) is 4.79 Å². The Morgan fingerprint density at radius 2 is 2.10 bits per heavy atom. The first-order valence-corrected chi connectivity index (χ1v) is 7.38. The maximum absolute atomic E-state index is 11.5. The van der Waals surface area contributed by atoms with Crippen molar-refractivity contribution in [3.05, 3.63) is 11.3 Å². The fraction of sp³-hybridized carbons (Fsp3) is 0.455. The molecule has 9 heteroatoms. The quantitative estimate of drug-likeness (QED) is 0.810. The molecule has 0 spiro atoms. The molecule has 0 fully saturated rings. The van der Waals surface area contributed by atoms with E-state index >= 15 is 0 Å². The molecule has 108 valence electrons. The number of rotatable bonds is 3. The minimum absolute atomic E-state index is 0.123. The van der Waals surface area contributed by atoms with Crippen LogP contribution < -0.4 is 4.74 Å². The SMILES string of the molecule is Cc1nn(C)c(Oc2nc(SC(=O)N(C)C)ns2)c1C. The van der Waals surface area contributed by atoms with E-state index in [4.69, 9.17) is 4.74 Å². The largest absolute Gasteiger partial charge is 0.411 e. The van der Waals surface area contributed by atoms with E-state index in [1.54, 1.807) is 18.8 Å². The average molecular weight is 313 g/mol. The van der Waals surface area contributed by atoms with E-state index in [2.05, 4.69) is 14.5 Å². The normalized spacial score (nSPS) is 10.7. The minimum atomic E-state index is -0.123. The number of ether oxygens (including phenoxy) is 1. The summed E-state index contributed by atoms with van der Waals surface area (Å²) in [6.07, 6.45) is 0. The van der Waals surface area contributed by atoms with Crippen molar-refractivity contribution in [3.63, 3.8) is 0 Å². The van der Waals surface area contributed by atoms with Crippen molar-refractivity contribution >= 4 is 28.5 Å². The van der Waals surface area contributed by atoms with Gasteiger partial charge in [-0.15, -0.1) is 0 Å². The summed E-state index contributed by atoms with van der Waals surface area (Å²) in [6.45, 7) is 3.85. The van der Waals surface area contributed by atoms with Crippen molar-refractivity contribution in [2.24, 2.45) is 7.05 Å². The zero-order chi connectivity index (χ0) is 14.9. The van der Waals surface area contributed by atoms with E-state index in [1.165, 1.54) is 4.90 Å². The van der Waals surface area contributed by atoms with Crippen LogP contribution in [0.1, 0.15) is 11.3 Å². The van der Waals surface area contributed by atoms with Gasteiger partial charge < -0.3 is 9.64 Å². The standard InChI is InChI=1S/C11H15N5O2S2/c1-6-7(2)13-16(5)8(6)18-10-12-9(14-20-10)19-11(17)15(3)4/h1-5H3. The van der Waals surface area contributed by atoms with Gasteiger partial charge in [0.15, 0.2) is 0 Å². The Morgan fingerprint density at radius 1 is 1.40 bits per heavy atom. The van der Waals surface area contributed by atoms with E-state index in [0.717, 1.165) is 34.6 Å². The van der Waals surface area contributed by atoms with Crippen LogP contribution in [0, 0.1) is 13.8 Å². The molecule has 1 amide bonds. The van der Waals surface area contributed by atoms with Crippen LogP contribution in [0.5, 0.6) is 11.1 Å². The molecular weight excluding hydrogens is 298 g/mol. The number of thioether (sulfide) groups is 1. The highest BCUT2D eigenvalue weighted by Gasteiger charge is 2.16. The van der Waals surface area contributed by atoms with Gasteiger partial charge in [-0.1, -0.05) is 0 Å². The zero-order valence-corrected chi connectivity index (χ0v) is 13.5. The predicted octanol–water partition coefficient (Wildman–Crippen LogP) is 2.45. The maximum Gasteiger partial charge on any atom is 0.300 e. The number of carbonyl (C=O) groups is 1. The van der Waals surface area contributed by atoms with Crippen LogP contribution in [0.25, 0.3) is 0 Å². The maximum atomic E-state index is 11.5. The molecule has 0 radical (unpaired) electrons. The number of aromatic nitrogens is 4. The molecule has 0 saturated heterocycles. The number of amides is 1. The number of aryl methyl sites for hydroxylation is 2. The number of hydrogen-bond acceptors (Lipinski definition) is 7. The smallest absolute Gasteiger partial charge is 0.300 e. The van der Waals surface area contributed by atoms with E-state index in [-0.39, 0.29) is 5.24 Å². The Kier molecular flexibility index (Phi) is 4.29. The summed E-state index contributed by atoms with van der Waals surface area (Å²) in [7, 11) is 5.17. The van der Waals surface area contributed by atoms with Crippen LogP contribution in [0.3, 0.4) is 0 Å². The second-order valence-corrected chi connectivity index (χ2v) is 5.98. The molecule has 0 aliphatic rings. The summed E-state index contributed by atoms with van der Waals surface area (Å²) in [6, 6.07) is 0. The number of carbonyl (C=O) groups excluding carboxylic acids is 1. The third-order valence-corrected chi connectivity index (χ3v) is 4.19. The second kappa shape index (κ2) is 5.80. The summed E-state index contributed by atoms with van der Waals surface area (Å²) in [5.41, 5.74) is 1.87. The number of nitrogens with zero attached hydrogens (tertiary/aromatic N) is 5. The van der Waals surface area contributed by atoms with Gasteiger partial charge in [0, 0.05) is 50.0 Å². The monoisotopic (exact) mass is 313 g/mol. The third kappa shape index (κ3) is 3.10. The molecule has 7 nitrogen and oxygen atoms in total. The fourth-order valence-corrected chi connectivity index (χ4v) is 2.64. The lowest BCUT2D eigenvalue weighted by atomic mass is 10.3. The average Bonchev–Trinajstić information content (AvgIpc) is 2.90. The van der Waals surface area contributed by atoms with Crippen molar-refractivity contribution in [1.29, 1.82) is 0 Å². The first kappa shape index (κ1) is 14.8. The van der Waals surface area contributed by atoms with E-state index in [0.29, 0.717) is 16.2 Å². The van der Waals surface area contributed by atoms with Crippen molar-refractivity contribution in [1.82, 2.24) is 24.0 Å². The van der Waals surface area contributed by atoms with Crippen molar-refractivity contribution in [2.75, 3.05) is 14.1 Å². The van der Waals surface area contributed by atoms with Crippen molar-refractivity contribution in [2.45, 2.75) is 19.0 Å². The van der Waals surface area contributed by atoms with Crippen LogP contribution in [0.2, 0.25) is 0 Å². The first-order chi connectivity index (χ1) is 9.38. The Balaban J connectivity index is 2.12. The Bertz CT molecular complexity index is 635. The van der Waals surface area contributed by atoms with Gasteiger partial charge in [0.1, 0.15) is 0 Å². The van der Waals surface area contributed by atoms with Gasteiger partial charge in [-0.2, -0.15) is 14.5 Å². The second-order valence-electron chi connectivity index (χ2n) is 4.35. The molecule has 0 saturated carbocycles. The van der Waals surface area contributed by atoms with Crippen LogP contribution >= 0.6 is 23.3 Å². The molecule has 0 aliphatic heterocycles. The van der Waals surface area contributed by atoms with Gasteiger partial charge in [0.2, 0.25) is 11.0 Å². The number of hydrogen-bond donors (Lipinski definition) is 0. The fourth-order valence-electron chi connectivity index (χ4n) is 1.42. The lowest BCUT2D eigenvalue weighted by Crippen LogP contribution is -2.16. The lowest BCUT2D eigenvalue weighted by molar-refractivity contribution is 0.241. The lowest BCUT2D eigenvalue weighted by Gasteiger charge is -2.06. The third-order valence-electron chi connectivity index (χ3n) is 2.57. The molecule has 0 atom stereocenters. The van der Waals surface area contributed by atoms with Crippen LogP contribution in [0.15, 0.2) is 5.16 Å². The molecule has 0 bridgehead atoms. The molecule has 20 heavy (non-hydrogen) atoms. The van der Waals surface area contributed by atoms with Gasteiger partial charge in [0.25, 0.3) is 5.24 Å². The molecule has 2 rings (SSSR count). The van der Waals surface area contributed by atoms with E-state index in [9.17, 15) is 4.79 Å². The van der Waals surface area contributed by atoms with Crippen molar-refractivity contribution < 1.29 is 9.53 Å². The first-order valence-electron chi connectivity index (χ1n) is 5.79. The molecule has 0 aromatic carbocycles. The predicted molar refractivity (Wildman–Crippen MR) is 77.6 cm³/mol. The molecule has 2 aromatic rings. The highest BCUT2D eigenvalue weighted by Crippen LogP contribution is 2.29. The van der Waals surface area contributed by atoms with E-state index < -0.39 is 0 Å². The summed E-state index contributed by atoms with van der Waals surface area (Å²) in [5, 5.41) is 4.93. The Labute approximate surface area is 125 Å². The Hall–Kier alpha value is -1.61. The van der Waals surface area contributed by atoms with Gasteiger partial charge >= 0.3 is 5.19 Å². The van der Waals surface area contributed by atoms with Crippen LogP contribution in [-0.2, 0) is 7.05 Å². The van der Waals surface area contributed by atoms with Crippen molar-refractivity contribution in [3.8, 4) is 11.1 Å². The molecular formula is C11H15N5O2S2. The highest BCUT2D eigenvalue weighted by molar-refractivity contribution is 8.13. The minimum Gasteiger partial charge on any atom is -0.411 e. The van der Waals surface area contributed by atoms with Crippen LogP contribution in [0.4, 0.5) is 4.79 Å². The summed E-state index contributed by atoms with van der Waals surface area (Å²) in [4.78, 5) is 17.2. The molecule has 0 aliphatic carbocycles. The summed E-state index contributed by atoms with van der Waals surface area (Å²) >= 11 is 2.08. The Morgan fingerprint density at radius 3 is 2.65 bits per heavy atom. The van der Waals surface area contributed by atoms with E-state index in [1.807, 2.05) is 20.9 Å².